The summed E-state index contributed by atoms with van der Waals surface area (Å²) in [6.45, 7) is 13.2. The molecule has 1 aliphatic carbocycles. The van der Waals surface area contributed by atoms with E-state index in [0.717, 1.165) is 52.1 Å². The lowest BCUT2D eigenvalue weighted by atomic mass is 9.65. The molecule has 2 fully saturated rings. The summed E-state index contributed by atoms with van der Waals surface area (Å²) >= 11 is 6.24. The van der Waals surface area contributed by atoms with Gasteiger partial charge in [-0.2, -0.15) is 0 Å². The highest BCUT2D eigenvalue weighted by Gasteiger charge is 2.42. The van der Waals surface area contributed by atoms with Gasteiger partial charge in [0.15, 0.2) is 0 Å². The molecule has 1 amide bonds. The van der Waals surface area contributed by atoms with Crippen LogP contribution < -0.4 is 5.32 Å². The van der Waals surface area contributed by atoms with Gasteiger partial charge in [0.05, 0.1) is 18.0 Å². The van der Waals surface area contributed by atoms with Crippen LogP contribution in [0.2, 0.25) is 0 Å². The van der Waals surface area contributed by atoms with Crippen molar-refractivity contribution in [3.63, 3.8) is 0 Å². The lowest BCUT2D eigenvalue weighted by molar-refractivity contribution is -0.139. The van der Waals surface area contributed by atoms with E-state index in [-0.39, 0.29) is 28.7 Å². The molecule has 0 saturated carbocycles. The number of nitrogens with zero attached hydrogens (tertiary/aromatic N) is 1. The Morgan fingerprint density at radius 3 is 2.61 bits per heavy atom. The second-order valence-electron chi connectivity index (χ2n) is 10.1. The van der Waals surface area contributed by atoms with Crippen LogP contribution in [0.5, 0.6) is 0 Å². The van der Waals surface area contributed by atoms with Crippen LogP contribution in [0, 0.1) is 29.1 Å². The Kier molecular flexibility index (Phi) is 7.49. The smallest absolute Gasteiger partial charge is 0.239 e. The van der Waals surface area contributed by atoms with Crippen molar-refractivity contribution in [3.8, 4) is 0 Å². The Labute approximate surface area is 176 Å². The molecule has 2 heterocycles. The summed E-state index contributed by atoms with van der Waals surface area (Å²) in [5, 5.41) is 3.77. The van der Waals surface area contributed by atoms with Crippen LogP contribution in [0.15, 0.2) is 12.2 Å². The highest BCUT2D eigenvalue weighted by Crippen LogP contribution is 2.43. The van der Waals surface area contributed by atoms with Crippen molar-refractivity contribution in [2.24, 2.45) is 29.1 Å². The van der Waals surface area contributed by atoms with Gasteiger partial charge in [0, 0.05) is 26.2 Å². The van der Waals surface area contributed by atoms with Crippen LogP contribution in [0.25, 0.3) is 0 Å². The average molecular weight is 411 g/mol. The van der Waals surface area contributed by atoms with E-state index in [1.165, 1.54) is 6.42 Å². The van der Waals surface area contributed by atoms with Crippen LogP contribution in [-0.2, 0) is 9.53 Å². The number of nitrogens with one attached hydrogen (secondary N) is 1. The Morgan fingerprint density at radius 1 is 1.25 bits per heavy atom. The highest BCUT2D eigenvalue weighted by molar-refractivity contribution is 6.21. The lowest BCUT2D eigenvalue weighted by Crippen LogP contribution is -2.56. The number of piperidine rings is 1. The van der Waals surface area contributed by atoms with Crippen molar-refractivity contribution >= 4 is 17.5 Å². The predicted octanol–water partition coefficient (Wildman–Crippen LogP) is 4.09. The van der Waals surface area contributed by atoms with Gasteiger partial charge in [0.2, 0.25) is 5.91 Å². The second-order valence-corrected chi connectivity index (χ2v) is 10.7. The van der Waals surface area contributed by atoms with E-state index in [9.17, 15) is 4.79 Å². The summed E-state index contributed by atoms with van der Waals surface area (Å²) in [5.41, 5.74) is 0.128. The van der Waals surface area contributed by atoms with E-state index >= 15 is 0 Å². The predicted molar refractivity (Wildman–Crippen MR) is 116 cm³/mol. The Hall–Kier alpha value is -0.580. The summed E-state index contributed by atoms with van der Waals surface area (Å²) < 4.78 is 5.48. The maximum atomic E-state index is 13.4. The Balaban J connectivity index is 1.60. The zero-order chi connectivity index (χ0) is 20.3. The summed E-state index contributed by atoms with van der Waals surface area (Å²) in [7, 11) is 0. The molecule has 160 valence electrons. The van der Waals surface area contributed by atoms with Gasteiger partial charge in [-0.15, -0.1) is 11.6 Å². The number of alkyl halides is 1. The van der Waals surface area contributed by atoms with Crippen LogP contribution in [0.3, 0.4) is 0 Å². The van der Waals surface area contributed by atoms with Crippen LogP contribution in [0.4, 0.5) is 0 Å². The SMILES string of the molecule is CC(C)[C@@H](NCC1CCOC1)C(=O)N1CCC(C2C=CC(Cl)CC2)C(C)(C)C1. The first-order valence-corrected chi connectivity index (χ1v) is 11.6. The van der Waals surface area contributed by atoms with Gasteiger partial charge in [-0.1, -0.05) is 39.8 Å². The molecule has 1 N–H and O–H groups in total. The van der Waals surface area contributed by atoms with Gasteiger partial charge in [0.25, 0.3) is 0 Å². The molecule has 0 radical (unpaired) electrons. The minimum atomic E-state index is -0.0977. The summed E-state index contributed by atoms with van der Waals surface area (Å²) in [4.78, 5) is 15.5. The van der Waals surface area contributed by atoms with Gasteiger partial charge in [-0.05, 0) is 54.8 Å². The van der Waals surface area contributed by atoms with Crippen LogP contribution in [0.1, 0.15) is 53.4 Å². The Bertz CT molecular complexity index is 557. The van der Waals surface area contributed by atoms with E-state index in [1.54, 1.807) is 0 Å². The van der Waals surface area contributed by atoms with E-state index < -0.39 is 0 Å². The second kappa shape index (κ2) is 9.49. The first kappa shape index (κ1) is 22.1. The maximum absolute atomic E-state index is 13.4. The monoisotopic (exact) mass is 410 g/mol. The van der Waals surface area contributed by atoms with E-state index in [1.807, 2.05) is 0 Å². The first-order valence-electron chi connectivity index (χ1n) is 11.2. The molecule has 2 saturated heterocycles. The lowest BCUT2D eigenvalue weighted by Gasteiger charge is -2.48. The molecule has 0 aromatic heterocycles. The largest absolute Gasteiger partial charge is 0.381 e. The number of rotatable bonds is 6. The van der Waals surface area contributed by atoms with Gasteiger partial charge in [-0.3, -0.25) is 4.79 Å². The third-order valence-corrected chi connectivity index (χ3v) is 7.43. The molecule has 4 unspecified atom stereocenters. The van der Waals surface area contributed by atoms with E-state index in [0.29, 0.717) is 17.8 Å². The average Bonchev–Trinajstić information content (AvgIpc) is 3.15. The van der Waals surface area contributed by atoms with Crippen LogP contribution >= 0.6 is 11.6 Å². The maximum Gasteiger partial charge on any atom is 0.239 e. The molecule has 5 heteroatoms. The molecule has 0 bridgehead atoms. The minimum Gasteiger partial charge on any atom is -0.381 e. The number of carbonyl (C=O) groups excluding carboxylic acids is 1. The summed E-state index contributed by atoms with van der Waals surface area (Å²) in [5.74, 6) is 2.33. The fourth-order valence-corrected chi connectivity index (χ4v) is 5.55. The highest BCUT2D eigenvalue weighted by atomic mass is 35.5. The number of halogens is 1. The summed E-state index contributed by atoms with van der Waals surface area (Å²) in [6.07, 6.45) is 8.95. The first-order chi connectivity index (χ1) is 13.3. The van der Waals surface area contributed by atoms with Gasteiger partial charge in [0.1, 0.15) is 0 Å². The Morgan fingerprint density at radius 2 is 2.04 bits per heavy atom. The molecule has 0 aromatic carbocycles. The fourth-order valence-electron chi connectivity index (χ4n) is 5.34. The van der Waals surface area contributed by atoms with E-state index in [4.69, 9.17) is 16.3 Å². The third kappa shape index (κ3) is 5.31. The number of allylic oxidation sites excluding steroid dienone is 2. The topological polar surface area (TPSA) is 41.6 Å². The molecule has 4 nitrogen and oxygen atoms in total. The molecular formula is C23H39ClN2O2. The normalized spacial score (nSPS) is 34.0. The minimum absolute atomic E-state index is 0.0977. The number of amides is 1. The molecule has 3 rings (SSSR count). The van der Waals surface area contributed by atoms with Crippen molar-refractivity contribution in [1.29, 1.82) is 0 Å². The standard InChI is InChI=1S/C23H39ClN2O2/c1-16(2)21(25-13-17-10-12-28-14-17)22(27)26-11-9-20(23(3,4)15-26)18-5-7-19(24)8-6-18/h5,7,16-21,25H,6,8-15H2,1-4H3/t17?,18?,19?,20?,21-/m1/s1. The molecule has 0 spiro atoms. The number of carbonyl (C=O) groups is 1. The van der Waals surface area contributed by atoms with Gasteiger partial charge >= 0.3 is 0 Å². The molecule has 5 atom stereocenters. The van der Waals surface area contributed by atoms with Crippen LogP contribution in [-0.4, -0.2) is 55.1 Å². The van der Waals surface area contributed by atoms with E-state index in [2.05, 4.69) is 50.1 Å². The molecule has 0 aromatic rings. The number of likely N-dealkylation sites (tertiary alicyclic amines) is 1. The number of hydrogen-bond acceptors (Lipinski definition) is 3. The van der Waals surface area contributed by atoms with Crippen molar-refractivity contribution in [1.82, 2.24) is 10.2 Å². The number of ether oxygens (including phenoxy) is 1. The number of hydrogen-bond donors (Lipinski definition) is 1. The zero-order valence-electron chi connectivity index (χ0n) is 18.1. The fraction of sp³-hybridized carbons (Fsp3) is 0.870. The van der Waals surface area contributed by atoms with Crippen molar-refractivity contribution in [3.05, 3.63) is 12.2 Å². The van der Waals surface area contributed by atoms with Crippen molar-refractivity contribution in [2.75, 3.05) is 32.8 Å². The summed E-state index contributed by atoms with van der Waals surface area (Å²) in [6, 6.07) is -0.0977. The van der Waals surface area contributed by atoms with Gasteiger partial charge < -0.3 is 15.0 Å². The molecular weight excluding hydrogens is 372 g/mol. The third-order valence-electron chi connectivity index (χ3n) is 7.07. The van der Waals surface area contributed by atoms with Crippen molar-refractivity contribution in [2.45, 2.75) is 64.8 Å². The quantitative estimate of drug-likeness (QED) is 0.529. The van der Waals surface area contributed by atoms with Crippen molar-refractivity contribution < 1.29 is 9.53 Å². The van der Waals surface area contributed by atoms with Gasteiger partial charge in [-0.25, -0.2) is 0 Å². The molecule has 3 aliphatic rings. The zero-order valence-corrected chi connectivity index (χ0v) is 18.9. The molecule has 2 aliphatic heterocycles. The molecule has 28 heavy (non-hydrogen) atoms.